The highest BCUT2D eigenvalue weighted by molar-refractivity contribution is 5.70. The summed E-state index contributed by atoms with van der Waals surface area (Å²) in [4.78, 5) is 10.3. The summed E-state index contributed by atoms with van der Waals surface area (Å²) in [5.74, 6) is -0.129. The Balaban J connectivity index is 2.36. The number of anilines is 2. The number of hydrogen-bond acceptors (Lipinski definition) is 4. The molecule has 0 amide bonds. The van der Waals surface area contributed by atoms with E-state index in [1.807, 2.05) is 18.2 Å². The van der Waals surface area contributed by atoms with Crippen molar-refractivity contribution in [3.05, 3.63) is 58.6 Å². The second kappa shape index (κ2) is 4.52. The Bertz CT molecular complexity index is 541. The smallest absolute Gasteiger partial charge is 0.296 e. The van der Waals surface area contributed by atoms with Crippen LogP contribution in [0.25, 0.3) is 0 Å². The van der Waals surface area contributed by atoms with Crippen molar-refractivity contribution >= 4 is 17.1 Å². The number of benzene rings is 2. The van der Waals surface area contributed by atoms with Gasteiger partial charge in [-0.2, -0.15) is 0 Å². The number of phenolic OH excluding ortho intramolecular Hbond substituents is 1. The molecular formula is C12H10N2O3. The van der Waals surface area contributed by atoms with E-state index < -0.39 is 4.92 Å². The van der Waals surface area contributed by atoms with E-state index in [2.05, 4.69) is 5.32 Å². The number of rotatable bonds is 3. The minimum atomic E-state index is -0.537. The fraction of sp³-hybridized carbons (Fsp3) is 0. The molecule has 0 unspecified atom stereocenters. The van der Waals surface area contributed by atoms with Gasteiger partial charge >= 0.3 is 0 Å². The van der Waals surface area contributed by atoms with Crippen LogP contribution in [0.4, 0.5) is 17.1 Å². The van der Waals surface area contributed by atoms with Gasteiger partial charge in [0.05, 0.1) is 11.0 Å². The van der Waals surface area contributed by atoms with Crippen molar-refractivity contribution in [1.82, 2.24) is 0 Å². The van der Waals surface area contributed by atoms with Gasteiger partial charge in [-0.05, 0) is 24.3 Å². The fourth-order valence-electron chi connectivity index (χ4n) is 1.45. The Morgan fingerprint density at radius 2 is 1.82 bits per heavy atom. The average molecular weight is 230 g/mol. The van der Waals surface area contributed by atoms with Crippen LogP contribution >= 0.6 is 0 Å². The molecule has 17 heavy (non-hydrogen) atoms. The number of nitrogens with one attached hydrogen (secondary N) is 1. The van der Waals surface area contributed by atoms with E-state index in [4.69, 9.17) is 0 Å². The summed E-state index contributed by atoms with van der Waals surface area (Å²) in [6.45, 7) is 0. The molecular weight excluding hydrogens is 220 g/mol. The Hall–Kier alpha value is -2.56. The van der Waals surface area contributed by atoms with E-state index in [0.717, 1.165) is 11.8 Å². The molecule has 2 aromatic carbocycles. The highest BCUT2D eigenvalue weighted by Gasteiger charge is 2.14. The van der Waals surface area contributed by atoms with Gasteiger partial charge in [-0.1, -0.05) is 18.2 Å². The van der Waals surface area contributed by atoms with Crippen molar-refractivity contribution in [1.29, 1.82) is 0 Å². The summed E-state index contributed by atoms with van der Waals surface area (Å²) in [5, 5.41) is 23.0. The lowest BCUT2D eigenvalue weighted by Gasteiger charge is -2.06. The third-order valence-electron chi connectivity index (χ3n) is 2.23. The first-order valence-electron chi connectivity index (χ1n) is 4.96. The van der Waals surface area contributed by atoms with Crippen LogP contribution in [-0.2, 0) is 0 Å². The lowest BCUT2D eigenvalue weighted by atomic mass is 10.2. The van der Waals surface area contributed by atoms with Crippen LogP contribution in [0.1, 0.15) is 0 Å². The highest BCUT2D eigenvalue weighted by atomic mass is 16.6. The van der Waals surface area contributed by atoms with Gasteiger partial charge in [-0.25, -0.2) is 0 Å². The molecule has 5 nitrogen and oxygen atoms in total. The molecule has 0 aliphatic rings. The van der Waals surface area contributed by atoms with Crippen molar-refractivity contribution in [3.63, 3.8) is 0 Å². The Morgan fingerprint density at radius 1 is 1.12 bits per heavy atom. The molecule has 2 aromatic rings. The molecule has 2 rings (SSSR count). The second-order valence-electron chi connectivity index (χ2n) is 3.45. The molecule has 0 heterocycles. The van der Waals surface area contributed by atoms with Crippen LogP contribution in [0.15, 0.2) is 48.5 Å². The van der Waals surface area contributed by atoms with Gasteiger partial charge in [0, 0.05) is 5.69 Å². The van der Waals surface area contributed by atoms with Crippen LogP contribution in [0.5, 0.6) is 5.75 Å². The lowest BCUT2D eigenvalue weighted by molar-refractivity contribution is -0.384. The summed E-state index contributed by atoms with van der Waals surface area (Å²) < 4.78 is 0. The van der Waals surface area contributed by atoms with Gasteiger partial charge in [0.15, 0.2) is 0 Å². The number of aromatic hydroxyl groups is 1. The summed E-state index contributed by atoms with van der Waals surface area (Å²) in [7, 11) is 0. The maximum atomic E-state index is 10.8. The largest absolute Gasteiger partial charge is 0.508 e. The molecule has 86 valence electrons. The van der Waals surface area contributed by atoms with E-state index >= 15 is 0 Å². The molecule has 0 atom stereocenters. The molecule has 0 saturated heterocycles. The molecule has 0 aliphatic carbocycles. The molecule has 0 aliphatic heterocycles. The summed E-state index contributed by atoms with van der Waals surface area (Å²) in [6, 6.07) is 13.1. The predicted molar refractivity (Wildman–Crippen MR) is 64.5 cm³/mol. The van der Waals surface area contributed by atoms with E-state index in [9.17, 15) is 15.2 Å². The van der Waals surface area contributed by atoms with Crippen LogP contribution in [0.3, 0.4) is 0 Å². The molecule has 0 spiro atoms. The Morgan fingerprint density at radius 3 is 2.47 bits per heavy atom. The average Bonchev–Trinajstić information content (AvgIpc) is 2.32. The van der Waals surface area contributed by atoms with Crippen LogP contribution in [-0.4, -0.2) is 10.0 Å². The number of nitro benzene ring substituents is 1. The number of hydrogen-bond donors (Lipinski definition) is 2. The summed E-state index contributed by atoms with van der Waals surface area (Å²) in [6.07, 6.45) is 0. The molecule has 0 saturated carbocycles. The monoisotopic (exact) mass is 230 g/mol. The van der Waals surface area contributed by atoms with Crippen molar-refractivity contribution in [2.24, 2.45) is 0 Å². The second-order valence-corrected chi connectivity index (χ2v) is 3.45. The Kier molecular flexibility index (Phi) is 2.91. The maximum absolute atomic E-state index is 10.8. The minimum Gasteiger partial charge on any atom is -0.508 e. The van der Waals surface area contributed by atoms with E-state index in [-0.39, 0.29) is 11.4 Å². The fourth-order valence-corrected chi connectivity index (χ4v) is 1.45. The number of nitrogens with zero attached hydrogens (tertiary/aromatic N) is 1. The lowest BCUT2D eigenvalue weighted by Crippen LogP contribution is -1.96. The van der Waals surface area contributed by atoms with Gasteiger partial charge in [-0.15, -0.1) is 0 Å². The first-order valence-corrected chi connectivity index (χ1v) is 4.96. The van der Waals surface area contributed by atoms with Gasteiger partial charge < -0.3 is 10.4 Å². The zero-order valence-corrected chi connectivity index (χ0v) is 8.83. The van der Waals surface area contributed by atoms with Gasteiger partial charge in [-0.3, -0.25) is 10.1 Å². The van der Waals surface area contributed by atoms with Crippen molar-refractivity contribution in [3.8, 4) is 5.75 Å². The van der Waals surface area contributed by atoms with Gasteiger partial charge in [0.25, 0.3) is 5.69 Å². The molecule has 2 N–H and O–H groups in total. The maximum Gasteiger partial charge on any atom is 0.296 e. The quantitative estimate of drug-likeness (QED) is 0.482. The zero-order chi connectivity index (χ0) is 12.3. The number of para-hydroxylation sites is 1. The number of nitro groups is 1. The SMILES string of the molecule is O=[N+]([O-])c1cc(O)ccc1Nc1ccccc1. The molecule has 0 fully saturated rings. The summed E-state index contributed by atoms with van der Waals surface area (Å²) >= 11 is 0. The van der Waals surface area contributed by atoms with Crippen molar-refractivity contribution in [2.45, 2.75) is 0 Å². The minimum absolute atomic E-state index is 0.129. The topological polar surface area (TPSA) is 75.4 Å². The zero-order valence-electron chi connectivity index (χ0n) is 8.83. The third kappa shape index (κ3) is 2.52. The third-order valence-corrected chi connectivity index (χ3v) is 2.23. The normalized spacial score (nSPS) is 9.88. The molecule has 5 heteroatoms. The van der Waals surface area contributed by atoms with E-state index in [1.165, 1.54) is 12.1 Å². The van der Waals surface area contributed by atoms with E-state index in [0.29, 0.717) is 5.69 Å². The molecule has 0 radical (unpaired) electrons. The van der Waals surface area contributed by atoms with Gasteiger partial charge in [0.1, 0.15) is 11.4 Å². The van der Waals surface area contributed by atoms with Crippen LogP contribution in [0.2, 0.25) is 0 Å². The number of phenols is 1. The first-order chi connectivity index (χ1) is 8.16. The van der Waals surface area contributed by atoms with E-state index in [1.54, 1.807) is 12.1 Å². The van der Waals surface area contributed by atoms with Gasteiger partial charge in [0.2, 0.25) is 0 Å². The Labute approximate surface area is 97.5 Å². The van der Waals surface area contributed by atoms with Crippen LogP contribution < -0.4 is 5.32 Å². The first kappa shape index (κ1) is 10.9. The van der Waals surface area contributed by atoms with Crippen molar-refractivity contribution in [2.75, 3.05) is 5.32 Å². The predicted octanol–water partition coefficient (Wildman–Crippen LogP) is 3.04. The standard InChI is InChI=1S/C12H10N2O3/c15-10-6-7-11(12(8-10)14(16)17)13-9-4-2-1-3-5-9/h1-8,13,15H. The highest BCUT2D eigenvalue weighted by Crippen LogP contribution is 2.30. The summed E-state index contributed by atoms with van der Waals surface area (Å²) in [5.41, 5.74) is 0.939. The molecule has 0 bridgehead atoms. The van der Waals surface area contributed by atoms with Crippen LogP contribution in [0, 0.1) is 10.1 Å². The van der Waals surface area contributed by atoms with Crippen molar-refractivity contribution < 1.29 is 10.0 Å². The molecule has 0 aromatic heterocycles.